The minimum atomic E-state index is 0.811. The van der Waals surface area contributed by atoms with Gasteiger partial charge >= 0.3 is 0 Å². The summed E-state index contributed by atoms with van der Waals surface area (Å²) in [4.78, 5) is 3.26. The third-order valence-electron chi connectivity index (χ3n) is 2.55. The van der Waals surface area contributed by atoms with Gasteiger partial charge in [-0.2, -0.15) is 0 Å². The molecule has 0 saturated carbocycles. The molecular weight excluding hydrogens is 160 g/mol. The van der Waals surface area contributed by atoms with Gasteiger partial charge in [0.15, 0.2) is 0 Å². The first-order valence-electron chi connectivity index (χ1n) is 5.13. The highest BCUT2D eigenvalue weighted by Gasteiger charge is 2.06. The first kappa shape index (κ1) is 10.3. The van der Waals surface area contributed by atoms with Gasteiger partial charge in [0.1, 0.15) is 0 Å². The summed E-state index contributed by atoms with van der Waals surface area (Å²) in [5.41, 5.74) is 1.36. The molecule has 0 spiro atoms. The van der Waals surface area contributed by atoms with Crippen molar-refractivity contribution in [1.29, 1.82) is 0 Å². The third kappa shape index (κ3) is 3.64. The molecule has 13 heavy (non-hydrogen) atoms. The Morgan fingerprint density at radius 2 is 2.38 bits per heavy atom. The monoisotopic (exact) mass is 180 g/mol. The minimum Gasteiger partial charge on any atom is -0.365 e. The Balaban J connectivity index is 2.31. The van der Waals surface area contributed by atoms with E-state index in [0.717, 1.165) is 12.5 Å². The summed E-state index contributed by atoms with van der Waals surface area (Å²) in [6.07, 6.45) is 5.72. The molecule has 74 valence electrons. The van der Waals surface area contributed by atoms with Crippen molar-refractivity contribution in [3.05, 3.63) is 24.0 Å². The first-order valence-corrected chi connectivity index (χ1v) is 5.13. The van der Waals surface area contributed by atoms with E-state index in [9.17, 15) is 0 Å². The van der Waals surface area contributed by atoms with Gasteiger partial charge in [-0.05, 0) is 44.5 Å². The van der Waals surface area contributed by atoms with Crippen LogP contribution in [0.1, 0.15) is 25.5 Å². The SMILES string of the molecule is CCC(CCNC)Cc1ccc[nH]1. The molecule has 1 heterocycles. The van der Waals surface area contributed by atoms with E-state index in [4.69, 9.17) is 0 Å². The second-order valence-corrected chi connectivity index (χ2v) is 3.57. The topological polar surface area (TPSA) is 27.8 Å². The minimum absolute atomic E-state index is 0.811. The highest BCUT2D eigenvalue weighted by Crippen LogP contribution is 2.13. The van der Waals surface area contributed by atoms with E-state index < -0.39 is 0 Å². The van der Waals surface area contributed by atoms with E-state index >= 15 is 0 Å². The van der Waals surface area contributed by atoms with Crippen LogP contribution in [0.4, 0.5) is 0 Å². The molecule has 1 atom stereocenters. The van der Waals surface area contributed by atoms with Gasteiger partial charge in [0, 0.05) is 11.9 Å². The van der Waals surface area contributed by atoms with Crippen LogP contribution in [-0.4, -0.2) is 18.6 Å². The van der Waals surface area contributed by atoms with Crippen LogP contribution in [0.2, 0.25) is 0 Å². The van der Waals surface area contributed by atoms with E-state index in [-0.39, 0.29) is 0 Å². The second-order valence-electron chi connectivity index (χ2n) is 3.57. The fraction of sp³-hybridized carbons (Fsp3) is 0.636. The summed E-state index contributed by atoms with van der Waals surface area (Å²) < 4.78 is 0. The van der Waals surface area contributed by atoms with Gasteiger partial charge in [0.05, 0.1) is 0 Å². The Morgan fingerprint density at radius 3 is 2.92 bits per heavy atom. The average molecular weight is 180 g/mol. The molecule has 1 aromatic heterocycles. The van der Waals surface area contributed by atoms with E-state index in [0.29, 0.717) is 0 Å². The molecule has 1 unspecified atom stereocenters. The fourth-order valence-electron chi connectivity index (χ4n) is 1.60. The van der Waals surface area contributed by atoms with Gasteiger partial charge in [0.2, 0.25) is 0 Å². The highest BCUT2D eigenvalue weighted by atomic mass is 14.8. The number of hydrogen-bond acceptors (Lipinski definition) is 1. The molecule has 0 aliphatic rings. The Hall–Kier alpha value is -0.760. The molecule has 0 fully saturated rings. The van der Waals surface area contributed by atoms with Gasteiger partial charge in [-0.3, -0.25) is 0 Å². The standard InChI is InChI=1S/C11H20N2/c1-3-10(6-8-12-2)9-11-5-4-7-13-11/h4-5,7,10,12-13H,3,6,8-9H2,1-2H3. The molecule has 0 aromatic carbocycles. The number of H-pyrrole nitrogens is 1. The van der Waals surface area contributed by atoms with Gasteiger partial charge < -0.3 is 10.3 Å². The third-order valence-corrected chi connectivity index (χ3v) is 2.55. The maximum atomic E-state index is 3.26. The average Bonchev–Trinajstić information content (AvgIpc) is 2.64. The number of aromatic nitrogens is 1. The Labute approximate surface area is 80.7 Å². The summed E-state index contributed by atoms with van der Waals surface area (Å²) in [5.74, 6) is 0.811. The summed E-state index contributed by atoms with van der Waals surface area (Å²) in [6, 6.07) is 4.24. The molecular formula is C11H20N2. The van der Waals surface area contributed by atoms with Gasteiger partial charge in [0.25, 0.3) is 0 Å². The molecule has 2 heteroatoms. The lowest BCUT2D eigenvalue weighted by Gasteiger charge is -2.13. The summed E-state index contributed by atoms with van der Waals surface area (Å²) in [7, 11) is 2.02. The Bertz CT molecular complexity index is 204. The van der Waals surface area contributed by atoms with Crippen LogP contribution in [0.5, 0.6) is 0 Å². The van der Waals surface area contributed by atoms with Crippen molar-refractivity contribution in [3.63, 3.8) is 0 Å². The lowest BCUT2D eigenvalue weighted by molar-refractivity contribution is 0.455. The van der Waals surface area contributed by atoms with Crippen molar-refractivity contribution in [2.45, 2.75) is 26.2 Å². The molecule has 2 N–H and O–H groups in total. The van der Waals surface area contributed by atoms with E-state index in [1.54, 1.807) is 0 Å². The zero-order valence-corrected chi connectivity index (χ0v) is 8.64. The van der Waals surface area contributed by atoms with Crippen molar-refractivity contribution in [3.8, 4) is 0 Å². The summed E-state index contributed by atoms with van der Waals surface area (Å²) in [6.45, 7) is 3.39. The summed E-state index contributed by atoms with van der Waals surface area (Å²) in [5, 5.41) is 3.20. The number of aromatic amines is 1. The molecule has 1 aromatic rings. The second kappa shape index (κ2) is 5.81. The van der Waals surface area contributed by atoms with E-state index in [1.165, 1.54) is 25.0 Å². The van der Waals surface area contributed by atoms with Crippen molar-refractivity contribution in [2.75, 3.05) is 13.6 Å². The number of hydrogen-bond donors (Lipinski definition) is 2. The quantitative estimate of drug-likeness (QED) is 0.690. The van der Waals surface area contributed by atoms with Crippen molar-refractivity contribution in [2.24, 2.45) is 5.92 Å². The van der Waals surface area contributed by atoms with Crippen LogP contribution < -0.4 is 5.32 Å². The lowest BCUT2D eigenvalue weighted by atomic mass is 9.97. The molecule has 0 radical (unpaired) electrons. The molecule has 0 amide bonds. The van der Waals surface area contributed by atoms with Crippen LogP contribution in [0.25, 0.3) is 0 Å². The predicted octanol–water partition coefficient (Wildman–Crippen LogP) is 2.19. The van der Waals surface area contributed by atoms with Crippen LogP contribution in [0, 0.1) is 5.92 Å². The maximum Gasteiger partial charge on any atom is 0.0149 e. The van der Waals surface area contributed by atoms with Crippen molar-refractivity contribution >= 4 is 0 Å². The van der Waals surface area contributed by atoms with E-state index in [1.807, 2.05) is 13.2 Å². The zero-order chi connectivity index (χ0) is 9.52. The van der Waals surface area contributed by atoms with E-state index in [2.05, 4.69) is 29.4 Å². The van der Waals surface area contributed by atoms with Crippen LogP contribution in [0.15, 0.2) is 18.3 Å². The molecule has 0 saturated heterocycles. The van der Waals surface area contributed by atoms with Gasteiger partial charge in [-0.25, -0.2) is 0 Å². The maximum absolute atomic E-state index is 3.26. The zero-order valence-electron chi connectivity index (χ0n) is 8.64. The molecule has 1 rings (SSSR count). The Kier molecular flexibility index (Phi) is 4.61. The lowest BCUT2D eigenvalue weighted by Crippen LogP contribution is -2.14. The largest absolute Gasteiger partial charge is 0.365 e. The van der Waals surface area contributed by atoms with Crippen LogP contribution in [0.3, 0.4) is 0 Å². The van der Waals surface area contributed by atoms with Crippen molar-refractivity contribution in [1.82, 2.24) is 10.3 Å². The van der Waals surface area contributed by atoms with Crippen LogP contribution >= 0.6 is 0 Å². The highest BCUT2D eigenvalue weighted by molar-refractivity contribution is 5.04. The number of nitrogens with one attached hydrogen (secondary N) is 2. The van der Waals surface area contributed by atoms with Crippen LogP contribution in [-0.2, 0) is 6.42 Å². The van der Waals surface area contributed by atoms with Crippen molar-refractivity contribution < 1.29 is 0 Å². The Morgan fingerprint density at radius 1 is 1.54 bits per heavy atom. The van der Waals surface area contributed by atoms with Gasteiger partial charge in [-0.1, -0.05) is 13.3 Å². The fourth-order valence-corrected chi connectivity index (χ4v) is 1.60. The molecule has 0 bridgehead atoms. The number of rotatable bonds is 6. The molecule has 0 aliphatic heterocycles. The normalized spacial score (nSPS) is 13.1. The predicted molar refractivity (Wildman–Crippen MR) is 56.8 cm³/mol. The summed E-state index contributed by atoms with van der Waals surface area (Å²) >= 11 is 0. The first-order chi connectivity index (χ1) is 6.36. The molecule has 2 nitrogen and oxygen atoms in total. The smallest absolute Gasteiger partial charge is 0.0149 e. The molecule has 0 aliphatic carbocycles. The van der Waals surface area contributed by atoms with Gasteiger partial charge in [-0.15, -0.1) is 0 Å².